The third-order valence-corrected chi connectivity index (χ3v) is 4.77. The van der Waals surface area contributed by atoms with Gasteiger partial charge in [0.05, 0.1) is 0 Å². The van der Waals surface area contributed by atoms with Gasteiger partial charge in [0, 0.05) is 26.1 Å². The lowest BCUT2D eigenvalue weighted by Gasteiger charge is -2.34. The van der Waals surface area contributed by atoms with Gasteiger partial charge >= 0.3 is 0 Å². The van der Waals surface area contributed by atoms with Crippen LogP contribution in [-0.2, 0) is 4.79 Å². The predicted octanol–water partition coefficient (Wildman–Crippen LogP) is 1.24. The van der Waals surface area contributed by atoms with Crippen LogP contribution in [0.25, 0.3) is 0 Å². The van der Waals surface area contributed by atoms with Gasteiger partial charge in [-0.3, -0.25) is 4.79 Å². The number of hydrogen-bond donors (Lipinski definition) is 2. The molecule has 2 heterocycles. The molecule has 2 aliphatic heterocycles. The molecule has 0 aliphatic carbocycles. The van der Waals surface area contributed by atoms with Crippen molar-refractivity contribution in [1.82, 2.24) is 10.2 Å². The molecule has 1 amide bonds. The topological polar surface area (TPSA) is 52.6 Å². The molecule has 0 aromatic rings. The molecule has 0 aromatic carbocycles. The summed E-state index contributed by atoms with van der Waals surface area (Å²) in [5.74, 6) is 1.70. The van der Waals surface area contributed by atoms with Gasteiger partial charge in [-0.1, -0.05) is 6.92 Å². The molecule has 4 nitrogen and oxygen atoms in total. The normalized spacial score (nSPS) is 30.1. The van der Waals surface area contributed by atoms with Crippen molar-refractivity contribution in [2.24, 2.45) is 17.8 Å². The number of piperidine rings is 2. The third kappa shape index (κ3) is 4.18. The number of aliphatic hydroxyl groups excluding tert-OH is 1. The summed E-state index contributed by atoms with van der Waals surface area (Å²) >= 11 is 0. The predicted molar refractivity (Wildman–Crippen MR) is 75.8 cm³/mol. The quantitative estimate of drug-likeness (QED) is 0.806. The van der Waals surface area contributed by atoms with E-state index in [1.807, 2.05) is 4.90 Å². The Morgan fingerprint density at radius 2 is 2.26 bits per heavy atom. The van der Waals surface area contributed by atoms with E-state index in [1.54, 1.807) is 0 Å². The van der Waals surface area contributed by atoms with E-state index < -0.39 is 0 Å². The maximum atomic E-state index is 12.3. The van der Waals surface area contributed by atoms with Gasteiger partial charge in [-0.2, -0.15) is 0 Å². The van der Waals surface area contributed by atoms with Crippen LogP contribution in [0.15, 0.2) is 0 Å². The average Bonchev–Trinajstić information content (AvgIpc) is 2.48. The fourth-order valence-corrected chi connectivity index (χ4v) is 3.38. The Hall–Kier alpha value is -0.610. The van der Waals surface area contributed by atoms with Crippen molar-refractivity contribution in [3.05, 3.63) is 0 Å². The Morgan fingerprint density at radius 1 is 1.42 bits per heavy atom. The van der Waals surface area contributed by atoms with Crippen molar-refractivity contribution in [1.29, 1.82) is 0 Å². The van der Waals surface area contributed by atoms with Gasteiger partial charge in [-0.05, 0) is 56.5 Å². The highest BCUT2D eigenvalue weighted by Gasteiger charge is 2.27. The molecular weight excluding hydrogens is 240 g/mol. The number of nitrogens with zero attached hydrogens (tertiary/aromatic N) is 1. The van der Waals surface area contributed by atoms with E-state index in [4.69, 9.17) is 0 Å². The van der Waals surface area contributed by atoms with Crippen LogP contribution in [-0.4, -0.2) is 48.7 Å². The molecular formula is C15H28N2O2. The lowest BCUT2D eigenvalue weighted by atomic mass is 9.85. The van der Waals surface area contributed by atoms with Gasteiger partial charge in [0.2, 0.25) is 5.91 Å². The third-order valence-electron chi connectivity index (χ3n) is 4.77. The first-order chi connectivity index (χ1) is 9.20. The number of likely N-dealkylation sites (tertiary alicyclic amines) is 1. The maximum Gasteiger partial charge on any atom is 0.222 e. The molecule has 19 heavy (non-hydrogen) atoms. The van der Waals surface area contributed by atoms with Crippen LogP contribution in [0.3, 0.4) is 0 Å². The zero-order valence-electron chi connectivity index (χ0n) is 12.1. The Bertz CT molecular complexity index is 290. The standard InChI is InChI=1S/C15H28N2O2/c1-12(14-5-2-6-16-9-14)8-15(19)17-7-3-4-13(10-17)11-18/h12-14,16,18H,2-11H2,1H3. The summed E-state index contributed by atoms with van der Waals surface area (Å²) < 4.78 is 0. The fourth-order valence-electron chi connectivity index (χ4n) is 3.38. The van der Waals surface area contributed by atoms with Gasteiger partial charge < -0.3 is 15.3 Å². The summed E-state index contributed by atoms with van der Waals surface area (Å²) in [5, 5.41) is 12.7. The number of carbonyl (C=O) groups is 1. The van der Waals surface area contributed by atoms with Crippen molar-refractivity contribution in [3.63, 3.8) is 0 Å². The molecule has 2 rings (SSSR count). The first kappa shape index (κ1) is 14.8. The Morgan fingerprint density at radius 3 is 2.95 bits per heavy atom. The van der Waals surface area contributed by atoms with Gasteiger partial charge in [0.25, 0.3) is 0 Å². The molecule has 0 aromatic heterocycles. The molecule has 4 heteroatoms. The molecule has 0 saturated carbocycles. The minimum absolute atomic E-state index is 0.214. The number of carbonyl (C=O) groups excluding carboxylic acids is 1. The molecule has 110 valence electrons. The summed E-state index contributed by atoms with van der Waals surface area (Å²) in [6.45, 7) is 6.25. The molecule has 0 radical (unpaired) electrons. The highest BCUT2D eigenvalue weighted by Crippen LogP contribution is 2.24. The SMILES string of the molecule is CC(CC(=O)N1CCCC(CO)C1)C1CCCNC1. The van der Waals surface area contributed by atoms with E-state index in [9.17, 15) is 9.90 Å². The van der Waals surface area contributed by atoms with Crippen molar-refractivity contribution in [3.8, 4) is 0 Å². The van der Waals surface area contributed by atoms with Crippen molar-refractivity contribution in [2.45, 2.75) is 39.0 Å². The molecule has 2 saturated heterocycles. The number of rotatable bonds is 4. The highest BCUT2D eigenvalue weighted by atomic mass is 16.3. The van der Waals surface area contributed by atoms with Crippen LogP contribution in [0.5, 0.6) is 0 Å². The Balaban J connectivity index is 1.79. The zero-order valence-corrected chi connectivity index (χ0v) is 12.1. The summed E-state index contributed by atoms with van der Waals surface area (Å²) in [7, 11) is 0. The largest absolute Gasteiger partial charge is 0.396 e. The summed E-state index contributed by atoms with van der Waals surface area (Å²) in [4.78, 5) is 14.3. The molecule has 2 fully saturated rings. The number of hydrogen-bond acceptors (Lipinski definition) is 3. The number of aliphatic hydroxyl groups is 1. The van der Waals surface area contributed by atoms with Crippen molar-refractivity contribution >= 4 is 5.91 Å². The lowest BCUT2D eigenvalue weighted by molar-refractivity contribution is -0.134. The Labute approximate surface area is 116 Å². The van der Waals surface area contributed by atoms with Crippen molar-refractivity contribution in [2.75, 3.05) is 32.8 Å². The van der Waals surface area contributed by atoms with E-state index in [2.05, 4.69) is 12.2 Å². The van der Waals surface area contributed by atoms with E-state index in [-0.39, 0.29) is 12.5 Å². The minimum Gasteiger partial charge on any atom is -0.396 e. The molecule has 3 unspecified atom stereocenters. The monoisotopic (exact) mass is 268 g/mol. The fraction of sp³-hybridized carbons (Fsp3) is 0.933. The molecule has 2 aliphatic rings. The van der Waals surface area contributed by atoms with Gasteiger partial charge in [-0.15, -0.1) is 0 Å². The first-order valence-electron chi connectivity index (χ1n) is 7.80. The van der Waals surface area contributed by atoms with Crippen LogP contribution in [0.1, 0.15) is 39.0 Å². The molecule has 0 spiro atoms. The second-order valence-electron chi connectivity index (χ2n) is 6.32. The van der Waals surface area contributed by atoms with Gasteiger partial charge in [0.15, 0.2) is 0 Å². The van der Waals surface area contributed by atoms with Crippen LogP contribution in [0.4, 0.5) is 0 Å². The number of nitrogens with one attached hydrogen (secondary N) is 1. The van der Waals surface area contributed by atoms with E-state index in [1.165, 1.54) is 12.8 Å². The van der Waals surface area contributed by atoms with Crippen molar-refractivity contribution < 1.29 is 9.90 Å². The molecule has 0 bridgehead atoms. The minimum atomic E-state index is 0.214. The van der Waals surface area contributed by atoms with Crippen LogP contribution in [0.2, 0.25) is 0 Å². The first-order valence-corrected chi connectivity index (χ1v) is 7.80. The summed E-state index contributed by atoms with van der Waals surface area (Å²) in [6, 6.07) is 0. The van der Waals surface area contributed by atoms with Gasteiger partial charge in [0.1, 0.15) is 0 Å². The summed E-state index contributed by atoms with van der Waals surface area (Å²) in [5.41, 5.74) is 0. The van der Waals surface area contributed by atoms with Crippen LogP contribution < -0.4 is 5.32 Å². The molecule has 2 N–H and O–H groups in total. The second-order valence-corrected chi connectivity index (χ2v) is 6.32. The van der Waals surface area contributed by atoms with E-state index in [0.29, 0.717) is 24.2 Å². The average molecular weight is 268 g/mol. The highest BCUT2D eigenvalue weighted by molar-refractivity contribution is 5.76. The lowest BCUT2D eigenvalue weighted by Crippen LogP contribution is -2.42. The Kier molecular flexibility index (Phi) is 5.64. The number of amides is 1. The van der Waals surface area contributed by atoms with Gasteiger partial charge in [-0.25, -0.2) is 0 Å². The maximum absolute atomic E-state index is 12.3. The van der Waals surface area contributed by atoms with E-state index >= 15 is 0 Å². The molecule has 3 atom stereocenters. The van der Waals surface area contributed by atoms with E-state index in [0.717, 1.165) is 39.0 Å². The van der Waals surface area contributed by atoms with Crippen LogP contribution in [0, 0.1) is 17.8 Å². The second kappa shape index (κ2) is 7.25. The zero-order chi connectivity index (χ0) is 13.7. The summed E-state index contributed by atoms with van der Waals surface area (Å²) in [6.07, 6.45) is 5.25. The van der Waals surface area contributed by atoms with Crippen LogP contribution >= 0.6 is 0 Å². The smallest absolute Gasteiger partial charge is 0.222 e.